The van der Waals surface area contributed by atoms with Crippen LogP contribution >= 0.6 is 0 Å². The van der Waals surface area contributed by atoms with Gasteiger partial charge in [0.2, 0.25) is 0 Å². The van der Waals surface area contributed by atoms with Crippen LogP contribution < -0.4 is 5.32 Å². The minimum absolute atomic E-state index is 0.141. The smallest absolute Gasteiger partial charge is 0.408 e. The molecule has 0 unspecified atom stereocenters. The van der Waals surface area contributed by atoms with Gasteiger partial charge in [0.05, 0.1) is 30.5 Å². The van der Waals surface area contributed by atoms with Gasteiger partial charge in [-0.1, -0.05) is 0 Å². The van der Waals surface area contributed by atoms with Crippen molar-refractivity contribution in [2.24, 2.45) is 16.2 Å². The van der Waals surface area contributed by atoms with Gasteiger partial charge in [-0.2, -0.15) is 0 Å². The van der Waals surface area contributed by atoms with Crippen molar-refractivity contribution in [3.05, 3.63) is 0 Å². The zero-order valence-electron chi connectivity index (χ0n) is 20.4. The molecule has 0 radical (unpaired) electrons. The SMILES string of the molecule is COC(=O)C12CCC(C(=O)O)(CC1)C2.COC(=O)C12CCC(NC(=O)OC(C)(C)C)(CC1)C2. The Morgan fingerprint density at radius 2 is 1.15 bits per heavy atom. The highest BCUT2D eigenvalue weighted by atomic mass is 16.6. The lowest BCUT2D eigenvalue weighted by Crippen LogP contribution is -2.47. The molecule has 0 heterocycles. The first-order chi connectivity index (χ1) is 15.2. The summed E-state index contributed by atoms with van der Waals surface area (Å²) in [5.41, 5.74) is -2.28. The van der Waals surface area contributed by atoms with Crippen molar-refractivity contribution in [2.75, 3.05) is 14.2 Å². The van der Waals surface area contributed by atoms with Crippen LogP contribution in [0.25, 0.3) is 0 Å². The summed E-state index contributed by atoms with van der Waals surface area (Å²) in [4.78, 5) is 46.4. The normalized spacial score (nSPS) is 35.9. The molecular weight excluding hydrogens is 430 g/mol. The van der Waals surface area contributed by atoms with E-state index in [-0.39, 0.29) is 22.9 Å². The number of amides is 1. The van der Waals surface area contributed by atoms with Crippen LogP contribution in [-0.4, -0.2) is 54.5 Å². The number of carbonyl (C=O) groups excluding carboxylic acids is 3. The van der Waals surface area contributed by atoms with Crippen molar-refractivity contribution < 1.29 is 38.5 Å². The third-order valence-electron chi connectivity index (χ3n) is 8.14. The lowest BCUT2D eigenvalue weighted by Gasteiger charge is -2.29. The van der Waals surface area contributed by atoms with Crippen molar-refractivity contribution in [1.82, 2.24) is 5.32 Å². The van der Waals surface area contributed by atoms with E-state index < -0.39 is 28.5 Å². The highest BCUT2D eigenvalue weighted by molar-refractivity contribution is 5.83. The molecule has 4 fully saturated rings. The number of nitrogens with one attached hydrogen (secondary N) is 1. The Kier molecular flexibility index (Phi) is 6.50. The van der Waals surface area contributed by atoms with Crippen LogP contribution in [0.3, 0.4) is 0 Å². The van der Waals surface area contributed by atoms with Gasteiger partial charge in [-0.3, -0.25) is 14.4 Å². The van der Waals surface area contributed by atoms with E-state index in [9.17, 15) is 19.2 Å². The second kappa shape index (κ2) is 8.47. The molecule has 0 saturated heterocycles. The van der Waals surface area contributed by atoms with Gasteiger partial charge in [-0.05, 0) is 85.0 Å². The summed E-state index contributed by atoms with van der Waals surface area (Å²) < 4.78 is 14.9. The third-order valence-corrected chi connectivity index (χ3v) is 8.14. The molecule has 1 amide bonds. The Morgan fingerprint density at radius 3 is 1.55 bits per heavy atom. The zero-order valence-corrected chi connectivity index (χ0v) is 20.4. The van der Waals surface area contributed by atoms with E-state index >= 15 is 0 Å². The van der Waals surface area contributed by atoms with Gasteiger partial charge < -0.3 is 24.6 Å². The van der Waals surface area contributed by atoms with Gasteiger partial charge in [-0.25, -0.2) is 4.79 Å². The molecule has 33 heavy (non-hydrogen) atoms. The number of carboxylic acid groups (broad SMARTS) is 1. The number of hydrogen-bond acceptors (Lipinski definition) is 7. The standard InChI is InChI=1S/C14H23NO4.C10H14O4/c1-12(2,3)19-11(17)15-14-7-5-13(9-14,6-8-14)10(16)18-4;1-14-8(13)10-4-2-9(6-10,3-5-10)7(11)12/h5-9H2,1-4H3,(H,15,17);2-6H2,1H3,(H,11,12). The van der Waals surface area contributed by atoms with E-state index in [1.807, 2.05) is 20.8 Å². The molecule has 4 aliphatic rings. The largest absolute Gasteiger partial charge is 0.481 e. The first-order valence-corrected chi connectivity index (χ1v) is 11.7. The lowest BCUT2D eigenvalue weighted by atomic mass is 9.82. The van der Waals surface area contributed by atoms with Gasteiger partial charge in [0, 0.05) is 5.54 Å². The van der Waals surface area contributed by atoms with Gasteiger partial charge in [-0.15, -0.1) is 0 Å². The summed E-state index contributed by atoms with van der Waals surface area (Å²) in [6, 6.07) is 0. The fourth-order valence-electron chi connectivity index (χ4n) is 6.38. The molecule has 4 aliphatic carbocycles. The number of rotatable bonds is 4. The highest BCUT2D eigenvalue weighted by Crippen LogP contribution is 2.62. The minimum atomic E-state index is -0.749. The average molecular weight is 468 g/mol. The van der Waals surface area contributed by atoms with E-state index in [4.69, 9.17) is 19.3 Å². The van der Waals surface area contributed by atoms with Crippen LogP contribution in [0.4, 0.5) is 4.79 Å². The van der Waals surface area contributed by atoms with Gasteiger partial charge in [0.15, 0.2) is 0 Å². The fraction of sp³-hybridized carbons (Fsp3) is 0.833. The number of aliphatic carboxylic acids is 1. The summed E-state index contributed by atoms with van der Waals surface area (Å²) in [6.45, 7) is 5.52. The number of ether oxygens (including phenoxy) is 3. The Morgan fingerprint density at radius 1 is 0.727 bits per heavy atom. The molecule has 9 heteroatoms. The maximum Gasteiger partial charge on any atom is 0.408 e. The van der Waals surface area contributed by atoms with E-state index in [1.54, 1.807) is 0 Å². The number of methoxy groups -OCH3 is 2. The van der Waals surface area contributed by atoms with Crippen LogP contribution in [-0.2, 0) is 28.6 Å². The van der Waals surface area contributed by atoms with Crippen molar-refractivity contribution >= 4 is 24.0 Å². The van der Waals surface area contributed by atoms with Crippen LogP contribution in [0, 0.1) is 16.2 Å². The molecule has 0 aliphatic heterocycles. The molecule has 0 aromatic heterocycles. The third kappa shape index (κ3) is 4.68. The maximum atomic E-state index is 11.9. The van der Waals surface area contributed by atoms with Crippen molar-refractivity contribution in [3.63, 3.8) is 0 Å². The molecule has 186 valence electrons. The van der Waals surface area contributed by atoms with Crippen molar-refractivity contribution in [3.8, 4) is 0 Å². The molecule has 9 nitrogen and oxygen atoms in total. The first-order valence-electron chi connectivity index (χ1n) is 11.7. The minimum Gasteiger partial charge on any atom is -0.481 e. The second-order valence-corrected chi connectivity index (χ2v) is 11.4. The summed E-state index contributed by atoms with van der Waals surface area (Å²) >= 11 is 0. The van der Waals surface area contributed by atoms with Gasteiger partial charge in [0.25, 0.3) is 0 Å². The monoisotopic (exact) mass is 467 g/mol. The molecule has 4 bridgehead atoms. The first kappa shape index (κ1) is 25.3. The maximum absolute atomic E-state index is 11.9. The van der Waals surface area contributed by atoms with Crippen LogP contribution in [0.15, 0.2) is 0 Å². The summed E-state index contributed by atoms with van der Waals surface area (Å²) in [5.74, 6) is -1.11. The van der Waals surface area contributed by atoms with Gasteiger partial charge >= 0.3 is 24.0 Å². The summed E-state index contributed by atoms with van der Waals surface area (Å²) in [6.07, 6.45) is 6.56. The molecular formula is C24H37NO8. The highest BCUT2D eigenvalue weighted by Gasteiger charge is 2.62. The molecule has 0 aromatic rings. The zero-order chi connectivity index (χ0) is 24.7. The molecule has 0 aromatic carbocycles. The number of fused-ring (bicyclic) bond motifs is 4. The van der Waals surface area contributed by atoms with E-state index in [0.717, 1.165) is 25.7 Å². The predicted molar refractivity (Wildman–Crippen MR) is 117 cm³/mol. The Hall–Kier alpha value is -2.32. The van der Waals surface area contributed by atoms with Gasteiger partial charge in [0.1, 0.15) is 5.60 Å². The van der Waals surface area contributed by atoms with Crippen LogP contribution in [0.1, 0.15) is 85.0 Å². The number of hydrogen-bond donors (Lipinski definition) is 2. The molecule has 4 rings (SSSR count). The molecule has 2 N–H and O–H groups in total. The molecule has 4 saturated carbocycles. The fourth-order valence-corrected chi connectivity index (χ4v) is 6.38. The quantitative estimate of drug-likeness (QED) is 0.474. The number of carbonyl (C=O) groups is 4. The number of esters is 2. The van der Waals surface area contributed by atoms with E-state index in [0.29, 0.717) is 38.5 Å². The van der Waals surface area contributed by atoms with E-state index in [1.165, 1.54) is 14.2 Å². The lowest BCUT2D eigenvalue weighted by molar-refractivity contribution is -0.153. The van der Waals surface area contributed by atoms with Crippen LogP contribution in [0.5, 0.6) is 0 Å². The number of alkyl carbamates (subject to hydrolysis) is 1. The second-order valence-electron chi connectivity index (χ2n) is 11.4. The summed E-state index contributed by atoms with van der Waals surface area (Å²) in [7, 11) is 2.80. The Bertz CT molecular complexity index is 811. The number of carboxylic acids is 1. The summed E-state index contributed by atoms with van der Waals surface area (Å²) in [5, 5.41) is 12.1. The van der Waals surface area contributed by atoms with E-state index in [2.05, 4.69) is 5.32 Å². The van der Waals surface area contributed by atoms with Crippen molar-refractivity contribution in [1.29, 1.82) is 0 Å². The Balaban J connectivity index is 0.000000194. The van der Waals surface area contributed by atoms with Crippen LogP contribution in [0.2, 0.25) is 0 Å². The average Bonchev–Trinajstić information content (AvgIpc) is 3.50. The van der Waals surface area contributed by atoms with Crippen molar-refractivity contribution in [2.45, 2.75) is 96.1 Å². The molecule has 0 atom stereocenters. The topological polar surface area (TPSA) is 128 Å². The molecule has 0 spiro atoms. The Labute approximate surface area is 194 Å². The predicted octanol–water partition coefficient (Wildman–Crippen LogP) is 3.58.